The zero-order valence-corrected chi connectivity index (χ0v) is 79.3. The van der Waals surface area contributed by atoms with E-state index in [1.165, 1.54) is 10.8 Å². The van der Waals surface area contributed by atoms with Gasteiger partial charge in [0.1, 0.15) is 54.6 Å². The number of benzene rings is 5. The van der Waals surface area contributed by atoms with Crippen LogP contribution in [0.4, 0.5) is 0 Å². The van der Waals surface area contributed by atoms with Crippen LogP contribution in [0.3, 0.4) is 0 Å². The molecule has 9 saturated heterocycles. The van der Waals surface area contributed by atoms with Crippen LogP contribution in [0.2, 0.25) is 40.2 Å². The van der Waals surface area contributed by atoms with Crippen LogP contribution in [0, 0.1) is 42.9 Å². The number of rotatable bonds is 18. The first-order valence-electron chi connectivity index (χ1n) is 34.6. The minimum absolute atomic E-state index is 0. The fourth-order valence-corrected chi connectivity index (χ4v) is 20.4. The quantitative estimate of drug-likeness (QED) is 0.0191. The number of alkyl halides is 3. The molecule has 0 saturated carbocycles. The predicted molar refractivity (Wildman–Crippen MR) is 481 cm³/mol. The topological polar surface area (TPSA) is 130 Å². The molecule has 5 aromatic carbocycles. The molecule has 2 unspecified atom stereocenters. The summed E-state index contributed by atoms with van der Waals surface area (Å²) in [5.74, 6) is 5.09. The molecule has 8 aromatic rings. The third-order valence-electron chi connectivity index (χ3n) is 22.6. The van der Waals surface area contributed by atoms with E-state index in [0.717, 1.165) is 127 Å². The van der Waals surface area contributed by atoms with E-state index in [-0.39, 0.29) is 86.3 Å². The molecule has 12 heterocycles. The summed E-state index contributed by atoms with van der Waals surface area (Å²) in [6.45, 7) is 20.8. The number of quaternary nitrogens is 2. The van der Waals surface area contributed by atoms with Crippen molar-refractivity contribution in [1.29, 1.82) is 0 Å². The van der Waals surface area contributed by atoms with Crippen molar-refractivity contribution in [2.75, 3.05) is 65.0 Å². The zero-order valence-electron chi connectivity index (χ0n) is 60.2. The summed E-state index contributed by atoms with van der Waals surface area (Å²) in [7, 11) is 4.95. The average Bonchev–Trinajstić information content (AvgIpc) is 0.727. The number of methoxy groups -OCH3 is 3. The van der Waals surface area contributed by atoms with Crippen LogP contribution in [-0.4, -0.2) is 127 Å². The van der Waals surface area contributed by atoms with Crippen molar-refractivity contribution >= 4 is 231 Å². The molecule has 109 heavy (non-hydrogen) atoms. The van der Waals surface area contributed by atoms with Crippen LogP contribution >= 0.6 is 199 Å². The molecule has 9 aliphatic rings. The maximum atomic E-state index is 12.5. The molecule has 9 fully saturated rings. The second kappa shape index (κ2) is 44.1. The Kier molecular flexibility index (Phi) is 39.5. The SMILES string of the molecule is C.C=CC1CN2CC[C@H]1C[C@H]2[C@H](O)c1ccnc2ccc(OC)cc12.C=C[C@H]1C[N@+]2(Cc3c(Cl)c(Cl)c(C[N@@+]45CC[C@@H](C[C@H]4[C@H](O)c4ccnc6ccc(OC)cc46)[C@@H](C=C)C5)c(Cl)c3Cl)CC[C@H]1C[C@H]2[C@H](O)c1ccnc2ccc(OC)cc12.CCI.ClCc1c(Cl)c(Cl)c(CCl)c(Cl)c1Cl.[CH3-].[Cl-].[Cl-].[I][V]([I])[I]. The summed E-state index contributed by atoms with van der Waals surface area (Å²) in [5.41, 5.74) is 7.51. The average molecular weight is 2220 g/mol. The molecule has 0 radical (unpaired) electrons. The van der Waals surface area contributed by atoms with E-state index >= 15 is 0 Å². The standard InChI is InChI=1S/C48H52Cl4N4O4.C20H24N2O2.C8H4Cl6.C2H5I.CH4.CH3.2ClH.3HI.V/c1-5-27-23-55(17-13-29(27)19-41(55)47(57)33-11-15-53-39-9-7-31(59-3)21-35(33)39)25-37-43(49)45(51)38(46(52)44(37)50)26-56-18-14-30(28(6-2)24-56)20-42(56)48(58)34-12-16-54-40-10-8-32(60-4)22-36(34)40;1-3-13-12-22-9-7-14(13)10-19(22)20(23)16-6-8-21-18-5-4-15(24-2)11-17(16)18;9-1-3-5(11)7(13)4(2-10)8(14)6(3)12;1-2-3;;;;;;;;/h5-12,15-16,21-22,27-30,41-42,47-48,57-58H,1-2,13-14,17-20,23-26H2,3-4H3;3-6,8,11,13-14,19-20,23H,1,7,9-10,12H2,2H3;1-2H2;2H2,1H3;1H4;1H3;5*1H;/q+2;;;;;-1;;;;;;+3/p-5/t27-,28-,29-,30-,41-,42-,47+,48+,55-,56-;13?,14-,19-,20+;;;;;;;;;;/m00........../s1. The van der Waals surface area contributed by atoms with Crippen molar-refractivity contribution in [2.45, 2.75) is 114 Å². The van der Waals surface area contributed by atoms with Crippen molar-refractivity contribution in [2.24, 2.45) is 35.5 Å². The Morgan fingerprint density at radius 2 is 0.835 bits per heavy atom. The van der Waals surface area contributed by atoms with Crippen molar-refractivity contribution in [3.63, 3.8) is 0 Å². The van der Waals surface area contributed by atoms with Gasteiger partial charge >= 0.3 is 64.9 Å². The van der Waals surface area contributed by atoms with E-state index in [4.69, 9.17) is 130 Å². The summed E-state index contributed by atoms with van der Waals surface area (Å²) in [4.78, 5) is 15.8. The normalized spacial score (nSPS) is 24.7. The number of aliphatic hydroxyl groups excluding tert-OH is 3. The summed E-state index contributed by atoms with van der Waals surface area (Å²) < 4.78 is 18.8. The third-order valence-corrected chi connectivity index (χ3v) is 26.9. The van der Waals surface area contributed by atoms with Crippen molar-refractivity contribution < 1.29 is 68.2 Å². The molecule has 3 N–H and O–H groups in total. The third kappa shape index (κ3) is 21.3. The number of hydrogen-bond acceptors (Lipinski definition) is 10. The first-order chi connectivity index (χ1) is 50.3. The molecular weight excluding hydrogens is 2120 g/mol. The van der Waals surface area contributed by atoms with Gasteiger partial charge in [0.25, 0.3) is 0 Å². The van der Waals surface area contributed by atoms with Crippen molar-refractivity contribution in [3.8, 4) is 17.2 Å². The molecule has 6 bridgehead atoms. The molecule has 0 spiro atoms. The van der Waals surface area contributed by atoms with Gasteiger partial charge in [0, 0.05) is 107 Å². The summed E-state index contributed by atoms with van der Waals surface area (Å²) in [5, 5.41) is 41.6. The number of nitrogens with zero attached hydrogens (tertiary/aromatic N) is 6. The maximum absolute atomic E-state index is 12.5. The van der Waals surface area contributed by atoms with Gasteiger partial charge < -0.3 is 70.7 Å². The Hall–Kier alpha value is -0.306. The fraction of sp³-hybridized carbons (Fsp3) is 0.425. The number of ether oxygens (including phenoxy) is 3. The first-order valence-corrected chi connectivity index (χ1v) is 53.8. The zero-order chi connectivity index (χ0) is 75.9. The molecule has 17 rings (SSSR count). The van der Waals surface area contributed by atoms with Crippen LogP contribution in [0.5, 0.6) is 17.2 Å². The minimum atomic E-state index is -0.795. The number of pyridine rings is 3. The van der Waals surface area contributed by atoms with Crippen LogP contribution in [-0.2, 0) is 29.8 Å². The van der Waals surface area contributed by atoms with Gasteiger partial charge in [0.05, 0.1) is 122 Å². The molecule has 15 atom stereocenters. The van der Waals surface area contributed by atoms with Gasteiger partial charge in [0.15, 0.2) is 0 Å². The van der Waals surface area contributed by atoms with E-state index in [9.17, 15) is 15.3 Å². The Labute approximate surface area is 757 Å². The summed E-state index contributed by atoms with van der Waals surface area (Å²) in [6, 6.07) is 23.0. The van der Waals surface area contributed by atoms with Gasteiger partial charge in [-0.05, 0) is 137 Å². The molecule has 0 amide bonds. The Morgan fingerprint density at radius 3 is 1.13 bits per heavy atom. The molecule has 3 aromatic heterocycles. The second-order valence-corrected chi connectivity index (χ2v) is 68.1. The van der Waals surface area contributed by atoms with Gasteiger partial charge in [-0.3, -0.25) is 19.9 Å². The van der Waals surface area contributed by atoms with E-state index in [0.29, 0.717) is 120 Å². The molecular formula is C80H92Cl12I4N6O6V-. The number of piperidine rings is 9. The van der Waals surface area contributed by atoms with Gasteiger partial charge in [-0.25, -0.2) is 0 Å². The molecule has 12 nitrogen and oxygen atoms in total. The first kappa shape index (κ1) is 97.5. The van der Waals surface area contributed by atoms with Crippen molar-refractivity contribution in [1.82, 2.24) is 19.9 Å². The van der Waals surface area contributed by atoms with Gasteiger partial charge in [-0.2, -0.15) is 0 Å². The second-order valence-electron chi connectivity index (χ2n) is 27.7. The number of hydrogen-bond donors (Lipinski definition) is 3. The fourth-order valence-electron chi connectivity index (χ4n) is 17.3. The van der Waals surface area contributed by atoms with E-state index in [2.05, 4.69) is 147 Å². The molecule has 29 heteroatoms. The Morgan fingerprint density at radius 1 is 0.523 bits per heavy atom. The molecule has 596 valence electrons. The predicted octanol–water partition coefficient (Wildman–Crippen LogP) is 18.8. The van der Waals surface area contributed by atoms with E-state index in [1.54, 1.807) is 39.9 Å². The Bertz CT molecular complexity index is 4190. The van der Waals surface area contributed by atoms with Gasteiger partial charge in [-0.15, -0.1) is 42.9 Å². The van der Waals surface area contributed by atoms with Gasteiger partial charge in [0.2, 0.25) is 0 Å². The number of aliphatic hydroxyl groups is 3. The summed E-state index contributed by atoms with van der Waals surface area (Å²) in [6.07, 6.45) is 15.3. The summed E-state index contributed by atoms with van der Waals surface area (Å²) >= 11 is 74.5. The van der Waals surface area contributed by atoms with Crippen molar-refractivity contribution in [3.05, 3.63) is 216 Å². The van der Waals surface area contributed by atoms with E-state index in [1.807, 2.05) is 72.8 Å². The number of aromatic nitrogens is 3. The van der Waals surface area contributed by atoms with Crippen LogP contribution < -0.4 is 39.0 Å². The molecule has 9 aliphatic heterocycles. The number of halogens is 16. The van der Waals surface area contributed by atoms with E-state index < -0.39 is 18.3 Å². The number of fused-ring (bicyclic) bond motifs is 12. The van der Waals surface area contributed by atoms with Crippen LogP contribution in [0.15, 0.2) is 129 Å². The van der Waals surface area contributed by atoms with Gasteiger partial charge in [-0.1, -0.05) is 148 Å². The van der Waals surface area contributed by atoms with Crippen LogP contribution in [0.1, 0.15) is 110 Å². The molecule has 0 aliphatic carbocycles. The van der Waals surface area contributed by atoms with Crippen LogP contribution in [0.25, 0.3) is 32.7 Å². The Balaban J connectivity index is 0.000000309. The monoisotopic (exact) mass is 2210 g/mol.